The van der Waals surface area contributed by atoms with Crippen LogP contribution in [0.2, 0.25) is 0 Å². The predicted molar refractivity (Wildman–Crippen MR) is 123 cm³/mol. The third-order valence-corrected chi connectivity index (χ3v) is 5.88. The molecule has 1 aliphatic heterocycles. The zero-order valence-electron chi connectivity index (χ0n) is 17.1. The number of hydrogen-bond acceptors (Lipinski definition) is 4. The van der Waals surface area contributed by atoms with Gasteiger partial charge in [-0.25, -0.2) is 4.90 Å². The third kappa shape index (κ3) is 4.02. The van der Waals surface area contributed by atoms with Crippen molar-refractivity contribution in [2.75, 3.05) is 10.2 Å². The number of aryl methyl sites for hydroxylation is 3. The number of imide groups is 1. The summed E-state index contributed by atoms with van der Waals surface area (Å²) in [5, 5.41) is 3.19. The molecule has 0 unspecified atom stereocenters. The summed E-state index contributed by atoms with van der Waals surface area (Å²) in [5.74, 6) is -0.655. The Morgan fingerprint density at radius 2 is 1.37 bits per heavy atom. The molecule has 0 saturated carbocycles. The van der Waals surface area contributed by atoms with Crippen LogP contribution in [0.5, 0.6) is 0 Å². The lowest BCUT2D eigenvalue weighted by Gasteiger charge is -2.17. The van der Waals surface area contributed by atoms with E-state index in [1.54, 1.807) is 0 Å². The van der Waals surface area contributed by atoms with Crippen LogP contribution in [-0.2, 0) is 9.59 Å². The van der Waals surface area contributed by atoms with Gasteiger partial charge in [-0.2, -0.15) is 0 Å². The fourth-order valence-corrected chi connectivity index (χ4v) is 4.36. The van der Waals surface area contributed by atoms with Gasteiger partial charge in [-0.3, -0.25) is 9.59 Å². The number of nitrogens with one attached hydrogen (secondary N) is 1. The molecule has 3 aromatic rings. The molecule has 2 amide bonds. The number of thioether (sulfide) groups is 1. The summed E-state index contributed by atoms with van der Waals surface area (Å²) in [6.07, 6.45) is 0. The Balaban J connectivity index is 1.76. The van der Waals surface area contributed by atoms with Crippen molar-refractivity contribution in [3.63, 3.8) is 0 Å². The Bertz CT molecular complexity index is 1130. The standard InChI is InChI=1S/C25H22N2O2S/c1-16-9-11-19(12-10-16)26-22-23(30-21-7-5-4-6-8-21)25(29)27(24(22)28)20-14-17(2)13-18(3)15-20/h4-15,26H,1-3H3. The SMILES string of the molecule is Cc1ccc(NC2=C(Sc3ccccc3)C(=O)N(c3cc(C)cc(C)c3)C2=O)cc1. The average Bonchev–Trinajstić information content (AvgIpc) is 2.93. The summed E-state index contributed by atoms with van der Waals surface area (Å²) in [6, 6.07) is 23.1. The van der Waals surface area contributed by atoms with Crippen molar-refractivity contribution in [1.82, 2.24) is 0 Å². The third-order valence-electron chi connectivity index (χ3n) is 4.79. The molecular formula is C25H22N2O2S. The lowest BCUT2D eigenvalue weighted by molar-refractivity contribution is -0.120. The molecule has 0 radical (unpaired) electrons. The molecule has 0 atom stereocenters. The maximum atomic E-state index is 13.4. The first-order chi connectivity index (χ1) is 14.4. The number of hydrogen-bond donors (Lipinski definition) is 1. The van der Waals surface area contributed by atoms with E-state index in [-0.39, 0.29) is 11.8 Å². The summed E-state index contributed by atoms with van der Waals surface area (Å²) in [4.78, 5) is 29.3. The number of carbonyl (C=O) groups excluding carboxylic acids is 2. The summed E-state index contributed by atoms with van der Waals surface area (Å²) in [5.41, 5.74) is 4.79. The summed E-state index contributed by atoms with van der Waals surface area (Å²) in [6.45, 7) is 5.92. The molecular weight excluding hydrogens is 392 g/mol. The molecule has 150 valence electrons. The molecule has 1 aliphatic rings. The summed E-state index contributed by atoms with van der Waals surface area (Å²) >= 11 is 1.31. The van der Waals surface area contributed by atoms with E-state index in [0.29, 0.717) is 16.3 Å². The van der Waals surface area contributed by atoms with E-state index in [1.807, 2.05) is 93.6 Å². The number of benzene rings is 3. The molecule has 3 aromatic carbocycles. The quantitative estimate of drug-likeness (QED) is 0.552. The Labute approximate surface area is 180 Å². The van der Waals surface area contributed by atoms with Gasteiger partial charge in [0, 0.05) is 10.6 Å². The molecule has 1 heterocycles. The first kappa shape index (κ1) is 20.0. The van der Waals surface area contributed by atoms with E-state index in [1.165, 1.54) is 16.7 Å². The fraction of sp³-hybridized carbons (Fsp3) is 0.120. The Morgan fingerprint density at radius 3 is 2.00 bits per heavy atom. The maximum Gasteiger partial charge on any atom is 0.283 e. The van der Waals surface area contributed by atoms with Crippen LogP contribution < -0.4 is 10.2 Å². The zero-order chi connectivity index (χ0) is 21.3. The monoisotopic (exact) mass is 414 g/mol. The van der Waals surface area contributed by atoms with E-state index in [0.717, 1.165) is 27.3 Å². The lowest BCUT2D eigenvalue weighted by Crippen LogP contribution is -2.32. The Morgan fingerprint density at radius 1 is 0.733 bits per heavy atom. The molecule has 1 N–H and O–H groups in total. The number of anilines is 2. The van der Waals surface area contributed by atoms with Crippen molar-refractivity contribution in [2.45, 2.75) is 25.7 Å². The lowest BCUT2D eigenvalue weighted by atomic mass is 10.1. The van der Waals surface area contributed by atoms with Gasteiger partial charge in [0.15, 0.2) is 0 Å². The topological polar surface area (TPSA) is 49.4 Å². The summed E-state index contributed by atoms with van der Waals surface area (Å²) in [7, 11) is 0. The molecule has 30 heavy (non-hydrogen) atoms. The highest BCUT2D eigenvalue weighted by Gasteiger charge is 2.40. The summed E-state index contributed by atoms with van der Waals surface area (Å²) < 4.78 is 0. The number of carbonyl (C=O) groups is 2. The van der Waals surface area contributed by atoms with Gasteiger partial charge in [0.2, 0.25) is 0 Å². The van der Waals surface area contributed by atoms with Gasteiger partial charge in [0.05, 0.1) is 5.69 Å². The van der Waals surface area contributed by atoms with Crippen molar-refractivity contribution >= 4 is 35.0 Å². The van der Waals surface area contributed by atoms with E-state index in [9.17, 15) is 9.59 Å². The highest BCUT2D eigenvalue weighted by Crippen LogP contribution is 2.38. The first-order valence-electron chi connectivity index (χ1n) is 9.70. The van der Waals surface area contributed by atoms with Crippen LogP contribution in [-0.4, -0.2) is 11.8 Å². The second kappa shape index (κ2) is 8.20. The molecule has 0 aliphatic carbocycles. The van der Waals surface area contributed by atoms with Crippen molar-refractivity contribution in [1.29, 1.82) is 0 Å². The van der Waals surface area contributed by atoms with Crippen LogP contribution in [0.25, 0.3) is 0 Å². The molecule has 0 aromatic heterocycles. The van der Waals surface area contributed by atoms with Crippen LogP contribution >= 0.6 is 11.8 Å². The second-order valence-electron chi connectivity index (χ2n) is 7.40. The van der Waals surface area contributed by atoms with Gasteiger partial charge in [-0.15, -0.1) is 0 Å². The average molecular weight is 415 g/mol. The van der Waals surface area contributed by atoms with Crippen LogP contribution in [0.3, 0.4) is 0 Å². The van der Waals surface area contributed by atoms with Gasteiger partial charge >= 0.3 is 0 Å². The predicted octanol–water partition coefficient (Wildman–Crippen LogP) is 5.60. The van der Waals surface area contributed by atoms with Crippen LogP contribution in [0.15, 0.2) is 88.3 Å². The molecule has 0 saturated heterocycles. The smallest absolute Gasteiger partial charge is 0.283 e. The van der Waals surface area contributed by atoms with Gasteiger partial charge in [-0.05, 0) is 68.3 Å². The zero-order valence-corrected chi connectivity index (χ0v) is 17.9. The van der Waals surface area contributed by atoms with Crippen LogP contribution in [0, 0.1) is 20.8 Å². The first-order valence-corrected chi connectivity index (χ1v) is 10.5. The molecule has 0 spiro atoms. The highest BCUT2D eigenvalue weighted by atomic mass is 32.2. The fourth-order valence-electron chi connectivity index (χ4n) is 3.42. The van der Waals surface area contributed by atoms with Gasteiger partial charge in [0.25, 0.3) is 11.8 Å². The minimum Gasteiger partial charge on any atom is -0.350 e. The van der Waals surface area contributed by atoms with Gasteiger partial charge in [0.1, 0.15) is 10.6 Å². The highest BCUT2D eigenvalue weighted by molar-refractivity contribution is 8.04. The second-order valence-corrected chi connectivity index (χ2v) is 8.49. The van der Waals surface area contributed by atoms with Crippen molar-refractivity contribution in [3.05, 3.63) is 100 Å². The normalized spacial score (nSPS) is 13.9. The molecule has 0 bridgehead atoms. The largest absolute Gasteiger partial charge is 0.350 e. The van der Waals surface area contributed by atoms with Crippen molar-refractivity contribution in [2.24, 2.45) is 0 Å². The van der Waals surface area contributed by atoms with E-state index >= 15 is 0 Å². The number of amides is 2. The van der Waals surface area contributed by atoms with Gasteiger partial charge in [-0.1, -0.05) is 53.7 Å². The molecule has 0 fully saturated rings. The van der Waals surface area contributed by atoms with Crippen molar-refractivity contribution in [3.8, 4) is 0 Å². The van der Waals surface area contributed by atoms with E-state index in [4.69, 9.17) is 0 Å². The van der Waals surface area contributed by atoms with E-state index in [2.05, 4.69) is 5.32 Å². The minimum absolute atomic E-state index is 0.303. The molecule has 4 nitrogen and oxygen atoms in total. The van der Waals surface area contributed by atoms with E-state index < -0.39 is 0 Å². The van der Waals surface area contributed by atoms with Crippen LogP contribution in [0.4, 0.5) is 11.4 Å². The number of nitrogens with zero attached hydrogens (tertiary/aromatic N) is 1. The Kier molecular flexibility index (Phi) is 5.46. The van der Waals surface area contributed by atoms with Crippen LogP contribution in [0.1, 0.15) is 16.7 Å². The van der Waals surface area contributed by atoms with Gasteiger partial charge < -0.3 is 5.32 Å². The molecule has 4 rings (SSSR count). The molecule has 5 heteroatoms. The van der Waals surface area contributed by atoms with Crippen molar-refractivity contribution < 1.29 is 9.59 Å². The Hall–Kier alpha value is -3.31. The minimum atomic E-state index is -0.344. The number of rotatable bonds is 5. The maximum absolute atomic E-state index is 13.4.